The van der Waals surface area contributed by atoms with Gasteiger partial charge < -0.3 is 0 Å². The van der Waals surface area contributed by atoms with E-state index < -0.39 is 0 Å². The van der Waals surface area contributed by atoms with E-state index in [4.69, 9.17) is 0 Å². The number of amidine groups is 1. The summed E-state index contributed by atoms with van der Waals surface area (Å²) in [7, 11) is 0. The largest absolute Gasteiger partial charge is 0.256 e. The Bertz CT molecular complexity index is 373. The minimum atomic E-state index is 0.163. The highest BCUT2D eigenvalue weighted by atomic mass is 32.2. The van der Waals surface area contributed by atoms with Crippen molar-refractivity contribution in [1.29, 1.82) is 0 Å². The number of hydrogen-bond donors (Lipinski definition) is 1. The van der Waals surface area contributed by atoms with Crippen LogP contribution in [0.3, 0.4) is 0 Å². The van der Waals surface area contributed by atoms with Gasteiger partial charge in [-0.3, -0.25) is 10.4 Å². The normalized spacial score (nSPS) is 19.5. The van der Waals surface area contributed by atoms with Gasteiger partial charge >= 0.3 is 0 Å². The predicted molar refractivity (Wildman–Crippen MR) is 66.5 cm³/mol. The lowest BCUT2D eigenvalue weighted by atomic mass is 10.1. The zero-order chi connectivity index (χ0) is 10.5. The molecule has 0 saturated heterocycles. The SMILES string of the molecule is CSC1=NC(Cc2ccccc2)C=NN1. The van der Waals surface area contributed by atoms with Crippen LogP contribution in [0.25, 0.3) is 0 Å². The number of rotatable bonds is 2. The average Bonchev–Trinajstić information content (AvgIpc) is 2.31. The molecule has 0 fully saturated rings. The molecule has 1 aromatic carbocycles. The molecule has 0 bridgehead atoms. The van der Waals surface area contributed by atoms with Crippen molar-refractivity contribution in [3.8, 4) is 0 Å². The van der Waals surface area contributed by atoms with E-state index in [0.29, 0.717) is 0 Å². The molecule has 1 aromatic rings. The second-order valence-corrected chi connectivity index (χ2v) is 4.08. The topological polar surface area (TPSA) is 36.8 Å². The lowest BCUT2D eigenvalue weighted by Gasteiger charge is -2.14. The molecule has 1 aliphatic heterocycles. The Morgan fingerprint density at radius 1 is 1.33 bits per heavy atom. The molecule has 1 N–H and O–H groups in total. The Kier molecular flexibility index (Phi) is 3.40. The van der Waals surface area contributed by atoms with Gasteiger partial charge in [0.1, 0.15) is 0 Å². The van der Waals surface area contributed by atoms with Gasteiger partial charge in [0.2, 0.25) is 0 Å². The number of hydrazone groups is 1. The minimum Gasteiger partial charge on any atom is -0.256 e. The molecular weight excluding hydrogens is 206 g/mol. The summed E-state index contributed by atoms with van der Waals surface area (Å²) in [5, 5.41) is 4.97. The summed E-state index contributed by atoms with van der Waals surface area (Å²) >= 11 is 1.59. The van der Waals surface area contributed by atoms with E-state index >= 15 is 0 Å². The molecule has 1 aliphatic rings. The van der Waals surface area contributed by atoms with Gasteiger partial charge in [0, 0.05) is 12.6 Å². The van der Waals surface area contributed by atoms with Crippen molar-refractivity contribution >= 4 is 23.1 Å². The summed E-state index contributed by atoms with van der Waals surface area (Å²) in [5.41, 5.74) is 4.16. The fourth-order valence-electron chi connectivity index (χ4n) is 1.44. The van der Waals surface area contributed by atoms with Crippen molar-refractivity contribution in [3.05, 3.63) is 35.9 Å². The number of nitrogens with zero attached hydrogens (tertiary/aromatic N) is 2. The summed E-state index contributed by atoms with van der Waals surface area (Å²) in [4.78, 5) is 4.51. The molecule has 78 valence electrons. The first-order valence-electron chi connectivity index (χ1n) is 4.83. The Morgan fingerprint density at radius 2 is 2.13 bits per heavy atom. The van der Waals surface area contributed by atoms with Gasteiger partial charge in [-0.15, -0.1) is 0 Å². The minimum absolute atomic E-state index is 0.163. The van der Waals surface area contributed by atoms with Crippen LogP contribution in [0.2, 0.25) is 0 Å². The molecule has 3 nitrogen and oxygen atoms in total. The summed E-state index contributed by atoms with van der Waals surface area (Å²) in [6, 6.07) is 10.5. The fourth-order valence-corrected chi connectivity index (χ4v) is 1.83. The first kappa shape index (κ1) is 10.2. The molecule has 15 heavy (non-hydrogen) atoms. The zero-order valence-electron chi connectivity index (χ0n) is 8.55. The summed E-state index contributed by atoms with van der Waals surface area (Å²) in [5.74, 6) is 0. The molecule has 0 aromatic heterocycles. The van der Waals surface area contributed by atoms with Crippen molar-refractivity contribution in [3.63, 3.8) is 0 Å². The smallest absolute Gasteiger partial charge is 0.177 e. The van der Waals surface area contributed by atoms with Crippen LogP contribution in [-0.4, -0.2) is 23.7 Å². The maximum Gasteiger partial charge on any atom is 0.177 e. The van der Waals surface area contributed by atoms with Gasteiger partial charge in [0.05, 0.1) is 6.04 Å². The second-order valence-electron chi connectivity index (χ2n) is 3.29. The van der Waals surface area contributed by atoms with E-state index in [1.165, 1.54) is 5.56 Å². The van der Waals surface area contributed by atoms with E-state index in [0.717, 1.165) is 11.6 Å². The number of nitrogens with one attached hydrogen (secondary N) is 1. The van der Waals surface area contributed by atoms with Gasteiger partial charge in [-0.1, -0.05) is 42.1 Å². The molecule has 4 heteroatoms. The molecule has 0 aliphatic carbocycles. The van der Waals surface area contributed by atoms with Crippen LogP contribution in [0.5, 0.6) is 0 Å². The van der Waals surface area contributed by atoms with Crippen LogP contribution in [0.4, 0.5) is 0 Å². The summed E-state index contributed by atoms with van der Waals surface area (Å²) in [6.45, 7) is 0. The third kappa shape index (κ3) is 2.83. The Balaban J connectivity index is 2.03. The Hall–Kier alpha value is -1.29. The van der Waals surface area contributed by atoms with Crippen molar-refractivity contribution in [2.75, 3.05) is 6.26 Å². The van der Waals surface area contributed by atoms with E-state index in [1.54, 1.807) is 11.8 Å². The van der Waals surface area contributed by atoms with Gasteiger partial charge in [-0.05, 0) is 11.8 Å². The average molecular weight is 219 g/mol. The van der Waals surface area contributed by atoms with Crippen LogP contribution < -0.4 is 5.43 Å². The van der Waals surface area contributed by atoms with E-state index in [2.05, 4.69) is 27.7 Å². The fraction of sp³-hybridized carbons (Fsp3) is 0.273. The molecule has 1 unspecified atom stereocenters. The first-order valence-corrected chi connectivity index (χ1v) is 6.06. The van der Waals surface area contributed by atoms with Crippen molar-refractivity contribution in [2.45, 2.75) is 12.5 Å². The maximum atomic E-state index is 4.51. The van der Waals surface area contributed by atoms with Crippen LogP contribution in [0.1, 0.15) is 5.56 Å². The predicted octanol–water partition coefficient (Wildman–Crippen LogP) is 1.91. The van der Waals surface area contributed by atoms with Crippen molar-refractivity contribution in [2.24, 2.45) is 10.1 Å². The highest BCUT2D eigenvalue weighted by molar-refractivity contribution is 8.13. The third-order valence-corrected chi connectivity index (χ3v) is 2.75. The van der Waals surface area contributed by atoms with E-state index in [9.17, 15) is 0 Å². The van der Waals surface area contributed by atoms with Gasteiger partial charge in [-0.25, -0.2) is 0 Å². The molecular formula is C11H13N3S. The van der Waals surface area contributed by atoms with Crippen LogP contribution in [0.15, 0.2) is 40.4 Å². The molecule has 1 heterocycles. The second kappa shape index (κ2) is 4.98. The molecule has 0 radical (unpaired) electrons. The van der Waals surface area contributed by atoms with Gasteiger partial charge in [0.25, 0.3) is 0 Å². The van der Waals surface area contributed by atoms with Crippen LogP contribution in [-0.2, 0) is 6.42 Å². The van der Waals surface area contributed by atoms with Crippen LogP contribution in [0, 0.1) is 0 Å². The number of thioether (sulfide) groups is 1. The van der Waals surface area contributed by atoms with E-state index in [1.807, 2.05) is 30.7 Å². The standard InChI is InChI=1S/C11H13N3S/c1-15-11-13-10(8-12-14-11)7-9-5-3-2-4-6-9/h2-6,8,10H,7H2,1H3,(H,13,14). The lowest BCUT2D eigenvalue weighted by molar-refractivity contribution is 0.823. The molecule has 0 spiro atoms. The highest BCUT2D eigenvalue weighted by Gasteiger charge is 2.10. The van der Waals surface area contributed by atoms with Crippen LogP contribution >= 0.6 is 11.8 Å². The maximum absolute atomic E-state index is 4.51. The first-order chi connectivity index (χ1) is 7.38. The van der Waals surface area contributed by atoms with Gasteiger partial charge in [-0.2, -0.15) is 5.10 Å². The Morgan fingerprint density at radius 3 is 2.87 bits per heavy atom. The summed E-state index contributed by atoms with van der Waals surface area (Å²) in [6.07, 6.45) is 4.76. The molecule has 0 saturated carbocycles. The summed E-state index contributed by atoms with van der Waals surface area (Å²) < 4.78 is 0. The Labute approximate surface area is 93.7 Å². The molecule has 0 amide bonds. The van der Waals surface area contributed by atoms with Crippen molar-refractivity contribution in [1.82, 2.24) is 5.43 Å². The number of benzene rings is 1. The molecule has 2 rings (SSSR count). The number of hydrogen-bond acceptors (Lipinski definition) is 4. The zero-order valence-corrected chi connectivity index (χ0v) is 9.37. The monoisotopic (exact) mass is 219 g/mol. The van der Waals surface area contributed by atoms with E-state index in [-0.39, 0.29) is 6.04 Å². The molecule has 1 atom stereocenters. The van der Waals surface area contributed by atoms with Gasteiger partial charge in [0.15, 0.2) is 5.17 Å². The lowest BCUT2D eigenvalue weighted by Crippen LogP contribution is -2.25. The third-order valence-electron chi connectivity index (χ3n) is 2.17. The number of aliphatic imine (C=N–C) groups is 1. The quantitative estimate of drug-likeness (QED) is 0.825. The highest BCUT2D eigenvalue weighted by Crippen LogP contribution is 2.08. The van der Waals surface area contributed by atoms with Crippen molar-refractivity contribution < 1.29 is 0 Å².